The molecule has 1 aliphatic heterocycles. The Balaban J connectivity index is 1.77. The van der Waals surface area contributed by atoms with E-state index in [4.69, 9.17) is 9.26 Å². The second-order valence-electron chi connectivity index (χ2n) is 5.22. The Morgan fingerprint density at radius 2 is 2.41 bits per heavy atom. The molecule has 8 heteroatoms. The summed E-state index contributed by atoms with van der Waals surface area (Å²) in [6.45, 7) is 5.16. The number of aryl methyl sites for hydroxylation is 2. The van der Waals surface area contributed by atoms with Gasteiger partial charge in [0.05, 0.1) is 6.04 Å². The Hall–Kier alpha value is -2.22. The topological polar surface area (TPSA) is 95.1 Å². The summed E-state index contributed by atoms with van der Waals surface area (Å²) in [5.74, 6) is 0.882. The molecule has 0 aromatic carbocycles. The van der Waals surface area contributed by atoms with Gasteiger partial charge in [-0.3, -0.25) is 4.79 Å². The number of carbonyl (C=O) groups excluding carboxylic acids is 1. The van der Waals surface area contributed by atoms with Crippen LogP contribution < -0.4 is 5.32 Å². The zero-order valence-electron chi connectivity index (χ0n) is 12.7. The van der Waals surface area contributed by atoms with Crippen molar-refractivity contribution in [2.24, 2.45) is 0 Å². The second-order valence-corrected chi connectivity index (χ2v) is 5.22. The third kappa shape index (κ3) is 2.87. The number of amides is 1. The normalized spacial score (nSPS) is 21.7. The van der Waals surface area contributed by atoms with E-state index >= 15 is 0 Å². The molecule has 0 saturated carbocycles. The second kappa shape index (κ2) is 6.27. The van der Waals surface area contributed by atoms with Crippen LogP contribution >= 0.6 is 0 Å². The molecule has 1 saturated heterocycles. The molecule has 2 aromatic heterocycles. The molecule has 3 rings (SSSR count). The maximum Gasteiger partial charge on any atom is 0.293 e. The van der Waals surface area contributed by atoms with Gasteiger partial charge in [-0.05, 0) is 19.8 Å². The molecule has 0 radical (unpaired) electrons. The molecular weight excluding hydrogens is 286 g/mol. The monoisotopic (exact) mass is 305 g/mol. The summed E-state index contributed by atoms with van der Waals surface area (Å²) in [5.41, 5.74) is 0. The van der Waals surface area contributed by atoms with Gasteiger partial charge in [0.25, 0.3) is 11.7 Å². The van der Waals surface area contributed by atoms with E-state index in [-0.39, 0.29) is 23.9 Å². The highest BCUT2D eigenvalue weighted by atomic mass is 16.5. The largest absolute Gasteiger partial charge is 0.368 e. The van der Waals surface area contributed by atoms with Crippen LogP contribution in [-0.2, 0) is 11.3 Å². The molecule has 1 N–H and O–H groups in total. The molecule has 0 bridgehead atoms. The Bertz CT molecular complexity index is 650. The van der Waals surface area contributed by atoms with Crippen LogP contribution in [0.15, 0.2) is 16.9 Å². The molecule has 0 spiro atoms. The Morgan fingerprint density at radius 1 is 1.55 bits per heavy atom. The molecule has 8 nitrogen and oxygen atoms in total. The van der Waals surface area contributed by atoms with Gasteiger partial charge < -0.3 is 19.1 Å². The average molecular weight is 305 g/mol. The minimum atomic E-state index is -0.355. The molecule has 0 aliphatic carbocycles. The SMILES string of the molecule is CCn1ccnc1[C@H]1OCCC[C@@H]1NC(=O)c1noc(C)n1. The van der Waals surface area contributed by atoms with Gasteiger partial charge in [0.2, 0.25) is 5.89 Å². The van der Waals surface area contributed by atoms with Crippen molar-refractivity contribution in [2.45, 2.75) is 45.4 Å². The van der Waals surface area contributed by atoms with Crippen LogP contribution in [0.4, 0.5) is 0 Å². The fourth-order valence-corrected chi connectivity index (χ4v) is 2.65. The molecule has 3 heterocycles. The minimum absolute atomic E-state index is 0.0423. The van der Waals surface area contributed by atoms with Gasteiger partial charge in [-0.25, -0.2) is 4.98 Å². The summed E-state index contributed by atoms with van der Waals surface area (Å²) in [7, 11) is 0. The lowest BCUT2D eigenvalue weighted by Crippen LogP contribution is -2.44. The lowest BCUT2D eigenvalue weighted by atomic mass is 10.0. The summed E-state index contributed by atoms with van der Waals surface area (Å²) in [4.78, 5) is 20.5. The van der Waals surface area contributed by atoms with Crippen molar-refractivity contribution in [3.8, 4) is 0 Å². The van der Waals surface area contributed by atoms with Crippen molar-refractivity contribution in [1.29, 1.82) is 0 Å². The van der Waals surface area contributed by atoms with Crippen molar-refractivity contribution >= 4 is 5.91 Å². The summed E-state index contributed by atoms with van der Waals surface area (Å²) in [5, 5.41) is 6.58. The molecule has 2 atom stereocenters. The quantitative estimate of drug-likeness (QED) is 0.913. The number of ether oxygens (including phenoxy) is 1. The highest BCUT2D eigenvalue weighted by Crippen LogP contribution is 2.27. The van der Waals surface area contributed by atoms with Crippen LogP contribution in [0.1, 0.15) is 48.2 Å². The maximum atomic E-state index is 12.2. The molecule has 0 unspecified atom stereocenters. The fourth-order valence-electron chi connectivity index (χ4n) is 2.65. The van der Waals surface area contributed by atoms with Gasteiger partial charge in [0, 0.05) is 32.5 Å². The highest BCUT2D eigenvalue weighted by molar-refractivity contribution is 5.90. The van der Waals surface area contributed by atoms with Crippen molar-refractivity contribution in [1.82, 2.24) is 25.0 Å². The van der Waals surface area contributed by atoms with E-state index in [2.05, 4.69) is 20.4 Å². The predicted octanol–water partition coefficient (Wildman–Crippen LogP) is 1.24. The molecule has 22 heavy (non-hydrogen) atoms. The van der Waals surface area contributed by atoms with Gasteiger partial charge in [0.1, 0.15) is 11.9 Å². The summed E-state index contributed by atoms with van der Waals surface area (Å²) in [6.07, 6.45) is 5.11. The van der Waals surface area contributed by atoms with Crippen LogP contribution in [0.2, 0.25) is 0 Å². The Labute approximate surface area is 127 Å². The number of aromatic nitrogens is 4. The van der Waals surface area contributed by atoms with E-state index in [1.807, 2.05) is 17.7 Å². The van der Waals surface area contributed by atoms with Crippen molar-refractivity contribution in [2.75, 3.05) is 6.61 Å². The molecule has 1 fully saturated rings. The maximum absolute atomic E-state index is 12.2. The van der Waals surface area contributed by atoms with Crippen LogP contribution in [0.25, 0.3) is 0 Å². The average Bonchev–Trinajstić information content (AvgIpc) is 3.16. The lowest BCUT2D eigenvalue weighted by Gasteiger charge is -2.31. The van der Waals surface area contributed by atoms with Gasteiger partial charge in [0.15, 0.2) is 0 Å². The number of nitrogens with one attached hydrogen (secondary N) is 1. The van der Waals surface area contributed by atoms with Crippen molar-refractivity contribution in [3.05, 3.63) is 29.9 Å². The predicted molar refractivity (Wildman–Crippen MR) is 76.1 cm³/mol. The Kier molecular flexibility index (Phi) is 4.19. The van der Waals surface area contributed by atoms with Gasteiger partial charge in [-0.2, -0.15) is 4.98 Å². The molecule has 118 valence electrons. The first-order valence-electron chi connectivity index (χ1n) is 7.43. The zero-order chi connectivity index (χ0) is 15.5. The first-order valence-corrected chi connectivity index (χ1v) is 7.43. The first-order chi connectivity index (χ1) is 10.7. The van der Waals surface area contributed by atoms with Gasteiger partial charge in [-0.1, -0.05) is 5.16 Å². The van der Waals surface area contributed by atoms with E-state index in [9.17, 15) is 4.79 Å². The number of rotatable bonds is 4. The zero-order valence-corrected chi connectivity index (χ0v) is 12.7. The molecular formula is C14H19N5O3. The minimum Gasteiger partial charge on any atom is -0.368 e. The molecule has 1 amide bonds. The van der Waals surface area contributed by atoms with E-state index in [0.29, 0.717) is 12.5 Å². The number of carbonyl (C=O) groups is 1. The number of nitrogens with zero attached hydrogens (tertiary/aromatic N) is 4. The number of hydrogen-bond acceptors (Lipinski definition) is 6. The number of hydrogen-bond donors (Lipinski definition) is 1. The van der Waals surface area contributed by atoms with Crippen LogP contribution in [0.3, 0.4) is 0 Å². The standard InChI is InChI=1S/C14H19N5O3/c1-3-19-7-6-15-13(19)11-10(5-4-8-21-11)17-14(20)12-16-9(2)22-18-12/h6-7,10-11H,3-5,8H2,1-2H3,(H,17,20)/t10-,11-/m0/s1. The third-order valence-corrected chi connectivity index (χ3v) is 3.71. The van der Waals surface area contributed by atoms with Gasteiger partial charge >= 0.3 is 0 Å². The van der Waals surface area contributed by atoms with Gasteiger partial charge in [-0.15, -0.1) is 0 Å². The van der Waals surface area contributed by atoms with E-state index in [1.165, 1.54) is 0 Å². The summed E-state index contributed by atoms with van der Waals surface area (Å²) >= 11 is 0. The smallest absolute Gasteiger partial charge is 0.293 e. The number of imidazole rings is 1. The Morgan fingerprint density at radius 3 is 3.14 bits per heavy atom. The third-order valence-electron chi connectivity index (χ3n) is 3.71. The van der Waals surface area contributed by atoms with E-state index in [0.717, 1.165) is 25.2 Å². The molecule has 1 aliphatic rings. The molecule has 2 aromatic rings. The summed E-state index contributed by atoms with van der Waals surface area (Å²) < 4.78 is 12.7. The lowest BCUT2D eigenvalue weighted by molar-refractivity contribution is -0.0164. The van der Waals surface area contributed by atoms with E-state index < -0.39 is 0 Å². The fraction of sp³-hybridized carbons (Fsp3) is 0.571. The van der Waals surface area contributed by atoms with Crippen LogP contribution in [0.5, 0.6) is 0 Å². The van der Waals surface area contributed by atoms with Crippen molar-refractivity contribution < 1.29 is 14.1 Å². The van der Waals surface area contributed by atoms with Crippen LogP contribution in [-0.4, -0.2) is 38.2 Å². The van der Waals surface area contributed by atoms with E-state index in [1.54, 1.807) is 13.1 Å². The summed E-state index contributed by atoms with van der Waals surface area (Å²) in [6, 6.07) is -0.159. The highest BCUT2D eigenvalue weighted by Gasteiger charge is 2.32. The van der Waals surface area contributed by atoms with Crippen LogP contribution in [0, 0.1) is 6.92 Å². The van der Waals surface area contributed by atoms with Crippen molar-refractivity contribution in [3.63, 3.8) is 0 Å². The first kappa shape index (κ1) is 14.7.